The molecule has 0 spiro atoms. The van der Waals surface area contributed by atoms with Gasteiger partial charge in [-0.25, -0.2) is 4.39 Å². The smallest absolute Gasteiger partial charge is 0.253 e. The highest BCUT2D eigenvalue weighted by Gasteiger charge is 2.29. The van der Waals surface area contributed by atoms with Gasteiger partial charge in [-0.1, -0.05) is 24.3 Å². The molecule has 1 aliphatic heterocycles. The van der Waals surface area contributed by atoms with E-state index in [4.69, 9.17) is 0 Å². The van der Waals surface area contributed by atoms with Crippen molar-refractivity contribution in [2.75, 3.05) is 5.32 Å². The molecule has 0 radical (unpaired) electrons. The lowest BCUT2D eigenvalue weighted by molar-refractivity contribution is -0.121. The van der Waals surface area contributed by atoms with E-state index in [0.29, 0.717) is 16.8 Å². The molecule has 30 heavy (non-hydrogen) atoms. The summed E-state index contributed by atoms with van der Waals surface area (Å²) in [7, 11) is 1.85. The van der Waals surface area contributed by atoms with Crippen LogP contribution in [0.25, 0.3) is 11.3 Å². The normalized spacial score (nSPS) is 16.0. The third-order valence-electron chi connectivity index (χ3n) is 5.18. The van der Waals surface area contributed by atoms with Crippen LogP contribution in [0.15, 0.2) is 66.5 Å². The fourth-order valence-electron chi connectivity index (χ4n) is 3.51. The lowest BCUT2D eigenvalue weighted by atomic mass is 9.86. The summed E-state index contributed by atoms with van der Waals surface area (Å²) < 4.78 is 15.0. The molecule has 4 rings (SSSR count). The molecule has 0 saturated carbocycles. The summed E-state index contributed by atoms with van der Waals surface area (Å²) >= 11 is 0. The van der Waals surface area contributed by atoms with Gasteiger partial charge in [-0.05, 0) is 42.3 Å². The van der Waals surface area contributed by atoms with Crippen LogP contribution in [0, 0.1) is 12.7 Å². The fraction of sp³-hybridized carbons (Fsp3) is 0.174. The second-order valence-corrected chi connectivity index (χ2v) is 7.33. The molecule has 0 unspecified atom stereocenters. The maximum atomic E-state index is 13.3. The predicted octanol–water partition coefficient (Wildman–Crippen LogP) is 3.66. The monoisotopic (exact) mass is 404 g/mol. The van der Waals surface area contributed by atoms with Gasteiger partial charge in [0, 0.05) is 48.6 Å². The van der Waals surface area contributed by atoms with Crippen LogP contribution in [0.3, 0.4) is 0 Å². The number of aryl methyl sites for hydroxylation is 2. The Morgan fingerprint density at radius 3 is 2.67 bits per heavy atom. The molecule has 0 aliphatic carbocycles. The van der Waals surface area contributed by atoms with Crippen LogP contribution in [0.1, 0.15) is 23.5 Å². The lowest BCUT2D eigenvalue weighted by Gasteiger charge is -2.24. The van der Waals surface area contributed by atoms with E-state index >= 15 is 0 Å². The first-order chi connectivity index (χ1) is 14.4. The Balaban J connectivity index is 1.62. The van der Waals surface area contributed by atoms with E-state index in [1.165, 1.54) is 18.3 Å². The Bertz CT molecular complexity index is 1150. The molecule has 1 aromatic heterocycles. The van der Waals surface area contributed by atoms with Gasteiger partial charge in [0.2, 0.25) is 5.91 Å². The average Bonchev–Trinajstić information content (AvgIpc) is 3.16. The van der Waals surface area contributed by atoms with Gasteiger partial charge in [0.25, 0.3) is 5.91 Å². The molecule has 0 saturated heterocycles. The zero-order valence-electron chi connectivity index (χ0n) is 16.6. The molecule has 0 fully saturated rings. The molecule has 2 heterocycles. The number of halogens is 1. The van der Waals surface area contributed by atoms with Crippen LogP contribution < -0.4 is 10.6 Å². The highest BCUT2D eigenvalue weighted by Crippen LogP contribution is 2.32. The summed E-state index contributed by atoms with van der Waals surface area (Å²) in [5.41, 5.74) is 4.40. The summed E-state index contributed by atoms with van der Waals surface area (Å²) in [6.45, 7) is 1.91. The zero-order chi connectivity index (χ0) is 21.3. The largest absolute Gasteiger partial charge is 0.332 e. The minimum atomic E-state index is -0.446. The molecule has 2 amide bonds. The predicted molar refractivity (Wildman–Crippen MR) is 112 cm³/mol. The number of hydrogen-bond acceptors (Lipinski definition) is 3. The zero-order valence-corrected chi connectivity index (χ0v) is 16.6. The van der Waals surface area contributed by atoms with Gasteiger partial charge in [-0.3, -0.25) is 14.3 Å². The molecule has 2 aromatic carbocycles. The number of nitrogens with zero attached hydrogens (tertiary/aromatic N) is 2. The van der Waals surface area contributed by atoms with E-state index in [1.807, 2.05) is 44.4 Å². The third-order valence-corrected chi connectivity index (χ3v) is 5.18. The minimum absolute atomic E-state index is 0.123. The van der Waals surface area contributed by atoms with Crippen LogP contribution in [-0.4, -0.2) is 21.6 Å². The van der Waals surface area contributed by atoms with Crippen molar-refractivity contribution in [1.82, 2.24) is 15.1 Å². The number of benzene rings is 2. The molecular weight excluding hydrogens is 383 g/mol. The highest BCUT2D eigenvalue weighted by atomic mass is 19.1. The van der Waals surface area contributed by atoms with Gasteiger partial charge in [0.05, 0.1) is 5.69 Å². The Kier molecular flexibility index (Phi) is 5.18. The van der Waals surface area contributed by atoms with Gasteiger partial charge < -0.3 is 10.6 Å². The third kappa shape index (κ3) is 4.00. The number of aromatic nitrogens is 2. The van der Waals surface area contributed by atoms with Crippen molar-refractivity contribution >= 4 is 17.5 Å². The van der Waals surface area contributed by atoms with Gasteiger partial charge >= 0.3 is 0 Å². The molecular formula is C23H21FN4O2. The first-order valence-corrected chi connectivity index (χ1v) is 9.57. The van der Waals surface area contributed by atoms with E-state index in [0.717, 1.165) is 16.8 Å². The summed E-state index contributed by atoms with van der Waals surface area (Å²) in [5, 5.41) is 9.97. The van der Waals surface area contributed by atoms with Crippen molar-refractivity contribution in [2.24, 2.45) is 7.05 Å². The number of carbonyl (C=O) groups is 2. The Labute approximate surface area is 173 Å². The number of hydrogen-bond donors (Lipinski definition) is 2. The number of nitrogens with one attached hydrogen (secondary N) is 2. The standard InChI is InChI=1S/C23H21FN4O2/c1-14-3-4-16(20-9-10-28(2)27-20)11-21(14)26-23(30)19-13-25-22(29)12-18(19)15-5-7-17(24)8-6-15/h3-11,13,18H,12H2,1-2H3,(H,25,29)(H,26,30)/t18-/m0/s1. The van der Waals surface area contributed by atoms with Crippen LogP contribution >= 0.6 is 0 Å². The van der Waals surface area contributed by atoms with E-state index in [-0.39, 0.29) is 24.1 Å². The topological polar surface area (TPSA) is 76.0 Å². The first kappa shape index (κ1) is 19.6. The van der Waals surface area contributed by atoms with Crippen molar-refractivity contribution in [3.63, 3.8) is 0 Å². The van der Waals surface area contributed by atoms with Crippen LogP contribution in [0.2, 0.25) is 0 Å². The van der Waals surface area contributed by atoms with Crippen molar-refractivity contribution in [3.8, 4) is 11.3 Å². The summed E-state index contributed by atoms with van der Waals surface area (Å²) in [5.74, 6) is -1.31. The molecule has 6 nitrogen and oxygen atoms in total. The fourth-order valence-corrected chi connectivity index (χ4v) is 3.51. The molecule has 1 atom stereocenters. The van der Waals surface area contributed by atoms with Gasteiger partial charge in [-0.15, -0.1) is 0 Å². The highest BCUT2D eigenvalue weighted by molar-refractivity contribution is 6.07. The average molecular weight is 404 g/mol. The van der Waals surface area contributed by atoms with Gasteiger partial charge in [0.15, 0.2) is 0 Å². The molecule has 7 heteroatoms. The van der Waals surface area contributed by atoms with Crippen molar-refractivity contribution < 1.29 is 14.0 Å². The molecule has 152 valence electrons. The van der Waals surface area contributed by atoms with Crippen molar-refractivity contribution in [3.05, 3.63) is 83.4 Å². The summed E-state index contributed by atoms with van der Waals surface area (Å²) in [6.07, 6.45) is 3.42. The Hall–Kier alpha value is -3.74. The van der Waals surface area contributed by atoms with Crippen LogP contribution in [0.4, 0.5) is 10.1 Å². The van der Waals surface area contributed by atoms with Crippen LogP contribution in [-0.2, 0) is 16.6 Å². The molecule has 1 aliphatic rings. The maximum Gasteiger partial charge on any atom is 0.253 e. The SMILES string of the molecule is Cc1ccc(-c2ccn(C)n2)cc1NC(=O)C1=CNC(=O)C[C@H]1c1ccc(F)cc1. The number of amides is 2. The second kappa shape index (κ2) is 7.94. The molecule has 2 N–H and O–H groups in total. The maximum absolute atomic E-state index is 13.3. The van der Waals surface area contributed by atoms with Crippen molar-refractivity contribution in [2.45, 2.75) is 19.3 Å². The van der Waals surface area contributed by atoms with Crippen molar-refractivity contribution in [1.29, 1.82) is 0 Å². The number of rotatable bonds is 4. The van der Waals surface area contributed by atoms with E-state index in [2.05, 4.69) is 15.7 Å². The molecule has 3 aromatic rings. The van der Waals surface area contributed by atoms with Crippen LogP contribution in [0.5, 0.6) is 0 Å². The quantitative estimate of drug-likeness (QED) is 0.697. The lowest BCUT2D eigenvalue weighted by Crippen LogP contribution is -2.32. The first-order valence-electron chi connectivity index (χ1n) is 9.57. The van der Waals surface area contributed by atoms with E-state index < -0.39 is 5.92 Å². The second-order valence-electron chi connectivity index (χ2n) is 7.33. The minimum Gasteiger partial charge on any atom is -0.332 e. The Morgan fingerprint density at radius 2 is 1.97 bits per heavy atom. The van der Waals surface area contributed by atoms with Gasteiger partial charge in [0.1, 0.15) is 5.82 Å². The summed E-state index contributed by atoms with van der Waals surface area (Å²) in [6, 6.07) is 13.5. The van der Waals surface area contributed by atoms with E-state index in [1.54, 1.807) is 16.8 Å². The summed E-state index contributed by atoms with van der Waals surface area (Å²) in [4.78, 5) is 25.0. The van der Waals surface area contributed by atoms with E-state index in [9.17, 15) is 14.0 Å². The van der Waals surface area contributed by atoms with Gasteiger partial charge in [-0.2, -0.15) is 5.10 Å². The Morgan fingerprint density at radius 1 is 1.20 bits per heavy atom. The number of anilines is 1. The molecule has 0 bridgehead atoms. The number of carbonyl (C=O) groups excluding carboxylic acids is 2.